The van der Waals surface area contributed by atoms with Crippen LogP contribution in [-0.4, -0.2) is 140 Å². The van der Waals surface area contributed by atoms with Crippen LogP contribution in [-0.2, 0) is 47.5 Å². The van der Waals surface area contributed by atoms with Gasteiger partial charge >= 0.3 is 11.9 Å². The van der Waals surface area contributed by atoms with Crippen LogP contribution in [0.3, 0.4) is 0 Å². The minimum atomic E-state index is -2.21. The van der Waals surface area contributed by atoms with Gasteiger partial charge in [-0.2, -0.15) is 0 Å². The maximum Gasteiger partial charge on any atom is 0.340 e. The fraction of sp³-hybridized carbons (Fsp3) is 0.822. The zero-order chi connectivity index (χ0) is 44.9. The van der Waals surface area contributed by atoms with Gasteiger partial charge in [-0.15, -0.1) is 0 Å². The van der Waals surface area contributed by atoms with Crippen molar-refractivity contribution in [2.24, 2.45) is 34.6 Å². The van der Waals surface area contributed by atoms with Crippen LogP contribution in [0, 0.1) is 29.6 Å². The summed E-state index contributed by atoms with van der Waals surface area (Å²) in [6.07, 6.45) is 3.00. The van der Waals surface area contributed by atoms with E-state index in [1.54, 1.807) is 21.0 Å². The summed E-state index contributed by atoms with van der Waals surface area (Å²) in [5, 5.41) is 44.0. The predicted octanol–water partition coefficient (Wildman–Crippen LogP) is 4.64. The average Bonchev–Trinajstić information content (AvgIpc) is 3.23. The third-order valence-corrected chi connectivity index (χ3v) is 12.9. The lowest BCUT2D eigenvalue weighted by molar-refractivity contribution is -0.347. The minimum absolute atomic E-state index is 0.0220. The molecular formula is C45H75NO14. The van der Waals surface area contributed by atoms with Gasteiger partial charge in [0.1, 0.15) is 18.0 Å². The molecular weight excluding hydrogens is 778 g/mol. The molecule has 4 N–H and O–H groups in total. The molecule has 0 amide bonds. The van der Waals surface area contributed by atoms with Crippen molar-refractivity contribution < 1.29 is 68.0 Å². The number of hydrogen-bond acceptors (Lipinski definition) is 15. The zero-order valence-corrected chi connectivity index (χ0v) is 37.8. The minimum Gasteiger partial charge on any atom is -0.484 e. The molecule has 0 aromatic heterocycles. The first-order chi connectivity index (χ1) is 28.4. The number of ketones is 1. The highest BCUT2D eigenvalue weighted by Crippen LogP contribution is 2.40. The molecule has 15 heteroatoms. The molecule has 0 bridgehead atoms. The van der Waals surface area contributed by atoms with Crippen molar-refractivity contribution in [1.82, 2.24) is 0 Å². The number of hydrogen-bond donors (Lipinski definition) is 4. The number of aliphatic imine (C=N–C) groups is 1. The molecule has 3 rings (SSSR count). The SMILES string of the molecule is CC[C@H](/C=C(\C)C[C@H](C)C[C@H](OC)[C@H]1OC(O)(C(O)C(=O)OC)[C@H](C)C[C@@H]1OC)C(=O)C[C@H](O)[C@@H](C)[C@H](OC(=O)[C@@H]1CCCC(OC)=N1)/C(C)=C/[C@@H]1CC[C@@H](O)[C@H](OC)C1. The van der Waals surface area contributed by atoms with Crippen molar-refractivity contribution in [2.75, 3.05) is 35.5 Å². The third kappa shape index (κ3) is 13.6. The highest BCUT2D eigenvalue weighted by atomic mass is 16.7. The molecule has 1 saturated heterocycles. The van der Waals surface area contributed by atoms with Gasteiger partial charge in [0, 0.05) is 51.9 Å². The number of ether oxygens (including phenoxy) is 7. The summed E-state index contributed by atoms with van der Waals surface area (Å²) in [4.78, 5) is 44.1. The molecule has 1 saturated carbocycles. The molecule has 2 unspecified atom stereocenters. The first kappa shape index (κ1) is 51.6. The fourth-order valence-corrected chi connectivity index (χ4v) is 9.12. The van der Waals surface area contributed by atoms with Gasteiger partial charge in [-0.05, 0) is 89.0 Å². The molecule has 0 aromatic carbocycles. The van der Waals surface area contributed by atoms with E-state index in [1.165, 1.54) is 21.3 Å². The Bertz CT molecular complexity index is 1480. The molecule has 3 aliphatic rings. The summed E-state index contributed by atoms with van der Waals surface area (Å²) in [6.45, 7) is 11.3. The van der Waals surface area contributed by atoms with E-state index in [1.807, 2.05) is 39.8 Å². The zero-order valence-electron chi connectivity index (χ0n) is 37.8. The Morgan fingerprint density at radius 3 is 2.27 bits per heavy atom. The lowest BCUT2D eigenvalue weighted by atomic mass is 9.81. The number of carbonyl (C=O) groups is 3. The van der Waals surface area contributed by atoms with Gasteiger partial charge in [0.05, 0.1) is 44.7 Å². The van der Waals surface area contributed by atoms with Crippen molar-refractivity contribution >= 4 is 23.6 Å². The van der Waals surface area contributed by atoms with Crippen LogP contribution in [0.25, 0.3) is 0 Å². The summed E-state index contributed by atoms with van der Waals surface area (Å²) in [5.74, 6) is -5.01. The first-order valence-corrected chi connectivity index (χ1v) is 21.7. The maximum absolute atomic E-state index is 13.8. The van der Waals surface area contributed by atoms with Gasteiger partial charge in [0.25, 0.3) is 0 Å². The van der Waals surface area contributed by atoms with Crippen LogP contribution in [0.1, 0.15) is 112 Å². The number of nitrogens with zero attached hydrogens (tertiary/aromatic N) is 1. The summed E-state index contributed by atoms with van der Waals surface area (Å²) in [5.41, 5.74) is 1.73. The normalized spacial score (nSPS) is 31.4. The molecule has 60 heavy (non-hydrogen) atoms. The van der Waals surface area contributed by atoms with Crippen LogP contribution in [0.4, 0.5) is 0 Å². The third-order valence-electron chi connectivity index (χ3n) is 12.9. The molecule has 0 aromatic rings. The van der Waals surface area contributed by atoms with Crippen LogP contribution in [0.2, 0.25) is 0 Å². The van der Waals surface area contributed by atoms with Gasteiger partial charge in [0.2, 0.25) is 11.9 Å². The van der Waals surface area contributed by atoms with E-state index in [4.69, 9.17) is 28.4 Å². The van der Waals surface area contributed by atoms with Crippen LogP contribution >= 0.6 is 0 Å². The Morgan fingerprint density at radius 2 is 1.67 bits per heavy atom. The van der Waals surface area contributed by atoms with E-state index >= 15 is 0 Å². The van der Waals surface area contributed by atoms with E-state index in [9.17, 15) is 34.8 Å². The van der Waals surface area contributed by atoms with Crippen molar-refractivity contribution in [3.05, 3.63) is 23.3 Å². The van der Waals surface area contributed by atoms with E-state index < -0.39 is 84.2 Å². The number of aliphatic hydroxyl groups excluding tert-OH is 3. The van der Waals surface area contributed by atoms with Crippen LogP contribution in [0.15, 0.2) is 28.3 Å². The Kier molecular flexibility index (Phi) is 20.8. The molecule has 1 aliphatic carbocycles. The number of aliphatic hydroxyl groups is 4. The average molecular weight is 854 g/mol. The second-order valence-corrected chi connectivity index (χ2v) is 17.4. The Hall–Kier alpha value is -2.76. The smallest absolute Gasteiger partial charge is 0.340 e. The van der Waals surface area contributed by atoms with Crippen molar-refractivity contribution in [3.8, 4) is 0 Å². The lowest BCUT2D eigenvalue weighted by Crippen LogP contribution is -2.63. The lowest BCUT2D eigenvalue weighted by Gasteiger charge is -2.48. The van der Waals surface area contributed by atoms with E-state index in [0.717, 1.165) is 31.1 Å². The Balaban J connectivity index is 1.73. The van der Waals surface area contributed by atoms with E-state index in [-0.39, 0.29) is 30.1 Å². The van der Waals surface area contributed by atoms with E-state index in [0.29, 0.717) is 57.3 Å². The largest absolute Gasteiger partial charge is 0.484 e. The quantitative estimate of drug-likeness (QED) is 0.0917. The first-order valence-electron chi connectivity index (χ1n) is 21.7. The molecule has 15 atom stereocenters. The number of Topliss-reactive ketones (excluding diaryl/α,β-unsaturated/α-hetero) is 1. The number of esters is 2. The highest BCUT2D eigenvalue weighted by molar-refractivity contribution is 5.84. The summed E-state index contributed by atoms with van der Waals surface area (Å²) < 4.78 is 39.3. The second kappa shape index (κ2) is 24.2. The fourth-order valence-electron chi connectivity index (χ4n) is 9.12. The molecule has 2 heterocycles. The molecule has 0 radical (unpaired) electrons. The van der Waals surface area contributed by atoms with Gasteiger partial charge in [-0.1, -0.05) is 45.4 Å². The molecule has 344 valence electrons. The van der Waals surface area contributed by atoms with Gasteiger partial charge < -0.3 is 53.6 Å². The van der Waals surface area contributed by atoms with Gasteiger partial charge in [-0.25, -0.2) is 14.6 Å². The summed E-state index contributed by atoms with van der Waals surface area (Å²) >= 11 is 0. The number of methoxy groups -OCH3 is 5. The van der Waals surface area contributed by atoms with Crippen LogP contribution < -0.4 is 0 Å². The van der Waals surface area contributed by atoms with Gasteiger partial charge in [-0.3, -0.25) is 4.79 Å². The number of allylic oxidation sites excluding steroid dienone is 3. The Morgan fingerprint density at radius 1 is 0.983 bits per heavy atom. The van der Waals surface area contributed by atoms with Crippen molar-refractivity contribution in [1.29, 1.82) is 0 Å². The van der Waals surface area contributed by atoms with Crippen molar-refractivity contribution in [3.63, 3.8) is 0 Å². The summed E-state index contributed by atoms with van der Waals surface area (Å²) in [7, 11) is 7.30. The predicted molar refractivity (Wildman–Crippen MR) is 224 cm³/mol. The number of carbonyl (C=O) groups excluding carboxylic acids is 3. The second-order valence-electron chi connectivity index (χ2n) is 17.4. The number of rotatable bonds is 21. The highest BCUT2D eigenvalue weighted by Gasteiger charge is 2.55. The van der Waals surface area contributed by atoms with Crippen molar-refractivity contribution in [2.45, 2.75) is 173 Å². The molecule has 0 spiro atoms. The monoisotopic (exact) mass is 854 g/mol. The standard InChI is InChI=1S/C45H75NO14/c1-12-31(19-25(2)18-26(3)20-37(55-8)41-38(56-9)22-28(5)45(53,60-41)42(50)44(52)58-11)35(49)24-34(48)29(6)40(59-43(51)32-14-13-15-39(46-32)57-10)27(4)21-30-16-17-33(47)36(23-30)54-7/h19,21,26,28-34,36-38,40-42,47-48,50,53H,12-18,20,22-24H2,1-11H3/b25-19+,27-21+/t26-,28+,29+,30-,31+,32-,33+,34-,36+,37-,38-,40+,41+,42?,45?/m0/s1. The summed E-state index contributed by atoms with van der Waals surface area (Å²) in [6, 6.07) is -0.722. The van der Waals surface area contributed by atoms with E-state index in [2.05, 4.69) is 9.73 Å². The molecule has 2 fully saturated rings. The topological polar surface area (TPSA) is 209 Å². The van der Waals surface area contributed by atoms with Crippen LogP contribution in [0.5, 0.6) is 0 Å². The van der Waals surface area contributed by atoms with Gasteiger partial charge in [0.15, 0.2) is 11.9 Å². The molecule has 2 aliphatic heterocycles. The maximum atomic E-state index is 13.8. The Labute approximate surface area is 357 Å². The molecule has 15 nitrogen and oxygen atoms in total.